The van der Waals surface area contributed by atoms with Crippen molar-refractivity contribution in [3.8, 4) is 0 Å². The maximum atomic E-state index is 12.6. The van der Waals surface area contributed by atoms with Crippen molar-refractivity contribution in [2.75, 3.05) is 36.4 Å². The van der Waals surface area contributed by atoms with Gasteiger partial charge in [0.1, 0.15) is 0 Å². The maximum absolute atomic E-state index is 12.6. The van der Waals surface area contributed by atoms with E-state index in [1.54, 1.807) is 0 Å². The Bertz CT molecular complexity index is 668. The lowest BCUT2D eigenvalue weighted by atomic mass is 9.84. The van der Waals surface area contributed by atoms with Crippen LogP contribution in [0.2, 0.25) is 0 Å². The third-order valence-corrected chi connectivity index (χ3v) is 5.23. The fraction of sp³-hybridized carbons (Fsp3) is 0.667. The van der Waals surface area contributed by atoms with Crippen LogP contribution < -0.4 is 10.2 Å². The first-order chi connectivity index (χ1) is 13.5. The molecule has 1 atom stereocenters. The Morgan fingerprint density at radius 3 is 2.07 bits per heavy atom. The van der Waals surface area contributed by atoms with Gasteiger partial charge in [-0.2, -0.15) is 0 Å². The fourth-order valence-electron chi connectivity index (χ4n) is 4.10. The van der Waals surface area contributed by atoms with Gasteiger partial charge in [-0.25, -0.2) is 0 Å². The SMILES string of the molecule is CC(C)CC(=O)Nc1ccc(N2CCN(C(=O)C[C@@H](C)CC(C)(C)C)CC2)cc1. The average molecular weight is 402 g/mol. The maximum Gasteiger partial charge on any atom is 0.224 e. The minimum atomic E-state index is 0.0561. The summed E-state index contributed by atoms with van der Waals surface area (Å²) in [6, 6.07) is 8.01. The van der Waals surface area contributed by atoms with Crippen molar-refractivity contribution in [3.63, 3.8) is 0 Å². The summed E-state index contributed by atoms with van der Waals surface area (Å²) < 4.78 is 0. The van der Waals surface area contributed by atoms with Gasteiger partial charge in [-0.05, 0) is 47.9 Å². The molecule has 1 fully saturated rings. The molecule has 29 heavy (non-hydrogen) atoms. The molecule has 5 heteroatoms. The topological polar surface area (TPSA) is 52.7 Å². The normalized spacial score (nSPS) is 16.1. The van der Waals surface area contributed by atoms with Gasteiger partial charge in [0.15, 0.2) is 0 Å². The van der Waals surface area contributed by atoms with Crippen LogP contribution in [-0.2, 0) is 9.59 Å². The van der Waals surface area contributed by atoms with E-state index in [9.17, 15) is 9.59 Å². The van der Waals surface area contributed by atoms with Gasteiger partial charge in [-0.3, -0.25) is 9.59 Å². The van der Waals surface area contributed by atoms with E-state index in [0.717, 1.165) is 44.0 Å². The van der Waals surface area contributed by atoms with Crippen molar-refractivity contribution < 1.29 is 9.59 Å². The molecule has 1 aromatic rings. The highest BCUT2D eigenvalue weighted by molar-refractivity contribution is 5.91. The molecule has 0 radical (unpaired) electrons. The molecule has 1 aliphatic heterocycles. The molecule has 1 saturated heterocycles. The minimum Gasteiger partial charge on any atom is -0.368 e. The Labute approximate surface area is 176 Å². The van der Waals surface area contributed by atoms with Crippen molar-refractivity contribution in [2.45, 2.75) is 60.8 Å². The Morgan fingerprint density at radius 2 is 1.55 bits per heavy atom. The zero-order valence-corrected chi connectivity index (χ0v) is 19.1. The zero-order chi connectivity index (χ0) is 21.6. The molecule has 5 nitrogen and oxygen atoms in total. The van der Waals surface area contributed by atoms with Crippen LogP contribution in [0.1, 0.15) is 60.8 Å². The van der Waals surface area contributed by atoms with E-state index in [2.05, 4.69) is 37.9 Å². The average Bonchev–Trinajstić information content (AvgIpc) is 2.60. The third-order valence-electron chi connectivity index (χ3n) is 5.23. The van der Waals surface area contributed by atoms with Crippen LogP contribution in [0.25, 0.3) is 0 Å². The molecule has 1 heterocycles. The molecular weight excluding hydrogens is 362 g/mol. The highest BCUT2D eigenvalue weighted by Crippen LogP contribution is 2.27. The standard InChI is InChI=1S/C24H39N3O2/c1-18(2)15-22(28)25-20-7-9-21(10-8-20)26-11-13-27(14-12-26)23(29)16-19(3)17-24(4,5)6/h7-10,18-19H,11-17H2,1-6H3,(H,25,28)/t19-/m1/s1. The van der Waals surface area contributed by atoms with E-state index >= 15 is 0 Å². The van der Waals surface area contributed by atoms with E-state index in [-0.39, 0.29) is 17.2 Å². The molecule has 0 aromatic heterocycles. The molecular formula is C24H39N3O2. The van der Waals surface area contributed by atoms with Gasteiger partial charge in [0.05, 0.1) is 0 Å². The first kappa shape index (κ1) is 23.2. The number of nitrogens with one attached hydrogen (secondary N) is 1. The summed E-state index contributed by atoms with van der Waals surface area (Å²) in [5, 5.41) is 2.95. The first-order valence-electron chi connectivity index (χ1n) is 11.0. The number of piperazine rings is 1. The smallest absolute Gasteiger partial charge is 0.224 e. The largest absolute Gasteiger partial charge is 0.368 e. The number of rotatable bonds is 7. The number of hydrogen-bond donors (Lipinski definition) is 1. The van der Waals surface area contributed by atoms with E-state index in [1.807, 2.05) is 43.0 Å². The second-order valence-electron chi connectivity index (χ2n) is 10.1. The van der Waals surface area contributed by atoms with Gasteiger partial charge in [0.25, 0.3) is 0 Å². The predicted octanol–water partition coefficient (Wildman–Crippen LogP) is 4.78. The second-order valence-corrected chi connectivity index (χ2v) is 10.1. The van der Waals surface area contributed by atoms with Gasteiger partial charge >= 0.3 is 0 Å². The Morgan fingerprint density at radius 1 is 0.966 bits per heavy atom. The van der Waals surface area contributed by atoms with Crippen molar-refractivity contribution in [1.82, 2.24) is 4.90 Å². The number of amides is 2. The summed E-state index contributed by atoms with van der Waals surface area (Å²) in [4.78, 5) is 28.8. The molecule has 0 saturated carbocycles. The van der Waals surface area contributed by atoms with Crippen molar-refractivity contribution >= 4 is 23.2 Å². The number of anilines is 2. The second kappa shape index (κ2) is 10.1. The monoisotopic (exact) mass is 401 g/mol. The zero-order valence-electron chi connectivity index (χ0n) is 19.1. The molecule has 1 aromatic carbocycles. The van der Waals surface area contributed by atoms with Crippen LogP contribution in [-0.4, -0.2) is 42.9 Å². The van der Waals surface area contributed by atoms with E-state index in [1.165, 1.54) is 0 Å². The quantitative estimate of drug-likeness (QED) is 0.715. The summed E-state index contributed by atoms with van der Waals surface area (Å²) in [5.41, 5.74) is 2.24. The Balaban J connectivity index is 1.81. The van der Waals surface area contributed by atoms with Crippen LogP contribution in [0, 0.1) is 17.3 Å². The van der Waals surface area contributed by atoms with Gasteiger partial charge < -0.3 is 15.1 Å². The van der Waals surface area contributed by atoms with E-state index < -0.39 is 0 Å². The highest BCUT2D eigenvalue weighted by atomic mass is 16.2. The van der Waals surface area contributed by atoms with Crippen LogP contribution >= 0.6 is 0 Å². The van der Waals surface area contributed by atoms with Gasteiger partial charge in [0.2, 0.25) is 11.8 Å². The molecule has 162 valence electrons. The van der Waals surface area contributed by atoms with Gasteiger partial charge in [-0.15, -0.1) is 0 Å². The summed E-state index contributed by atoms with van der Waals surface area (Å²) in [6.07, 6.45) is 2.24. The van der Waals surface area contributed by atoms with Crippen molar-refractivity contribution in [3.05, 3.63) is 24.3 Å². The van der Waals surface area contributed by atoms with Crippen LogP contribution in [0.3, 0.4) is 0 Å². The lowest BCUT2D eigenvalue weighted by molar-refractivity contribution is -0.132. The molecule has 2 amide bonds. The van der Waals surface area contributed by atoms with Gasteiger partial charge in [-0.1, -0.05) is 41.5 Å². The number of benzene rings is 1. The number of carbonyl (C=O) groups is 2. The van der Waals surface area contributed by atoms with Crippen molar-refractivity contribution in [1.29, 1.82) is 0 Å². The first-order valence-corrected chi connectivity index (χ1v) is 11.0. The van der Waals surface area contributed by atoms with Crippen molar-refractivity contribution in [2.24, 2.45) is 17.3 Å². The number of hydrogen-bond acceptors (Lipinski definition) is 3. The lowest BCUT2D eigenvalue weighted by Gasteiger charge is -2.37. The molecule has 0 spiro atoms. The molecule has 1 aliphatic rings. The number of nitrogens with zero attached hydrogens (tertiary/aromatic N) is 2. The Kier molecular flexibility index (Phi) is 8.12. The molecule has 1 N–H and O–H groups in total. The van der Waals surface area contributed by atoms with Crippen LogP contribution in [0.5, 0.6) is 0 Å². The Hall–Kier alpha value is -2.04. The molecule has 0 aliphatic carbocycles. The molecule has 2 rings (SSSR count). The molecule has 0 bridgehead atoms. The minimum absolute atomic E-state index is 0.0561. The summed E-state index contributed by atoms with van der Waals surface area (Å²) in [7, 11) is 0. The summed E-state index contributed by atoms with van der Waals surface area (Å²) in [6.45, 7) is 16.2. The van der Waals surface area contributed by atoms with E-state index in [0.29, 0.717) is 24.7 Å². The lowest BCUT2D eigenvalue weighted by Crippen LogP contribution is -2.49. The highest BCUT2D eigenvalue weighted by Gasteiger charge is 2.24. The van der Waals surface area contributed by atoms with Crippen LogP contribution in [0.15, 0.2) is 24.3 Å². The third kappa shape index (κ3) is 8.08. The van der Waals surface area contributed by atoms with Gasteiger partial charge in [0, 0.05) is 50.4 Å². The predicted molar refractivity (Wildman–Crippen MR) is 121 cm³/mol. The fourth-order valence-corrected chi connectivity index (χ4v) is 4.10. The molecule has 0 unspecified atom stereocenters. The van der Waals surface area contributed by atoms with E-state index in [4.69, 9.17) is 0 Å². The summed E-state index contributed by atoms with van der Waals surface area (Å²) in [5.74, 6) is 1.11. The summed E-state index contributed by atoms with van der Waals surface area (Å²) >= 11 is 0. The van der Waals surface area contributed by atoms with Crippen LogP contribution in [0.4, 0.5) is 11.4 Å². The number of carbonyl (C=O) groups excluding carboxylic acids is 2.